The maximum Gasteiger partial charge on any atom is 0.342 e. The molecular weight excluding hydrogens is 358 g/mol. The van der Waals surface area contributed by atoms with Gasteiger partial charge in [0.05, 0.1) is 13.2 Å². The monoisotopic (exact) mass is 381 g/mol. The van der Waals surface area contributed by atoms with E-state index in [4.69, 9.17) is 10.5 Å². The number of ether oxygens (including phenoxy) is 2. The third kappa shape index (κ3) is 2.39. The van der Waals surface area contributed by atoms with Crippen molar-refractivity contribution in [3.63, 3.8) is 0 Å². The van der Waals surface area contributed by atoms with Crippen LogP contribution >= 0.6 is 0 Å². The van der Waals surface area contributed by atoms with Crippen molar-refractivity contribution in [3.05, 3.63) is 22.3 Å². The molecule has 0 amide bonds. The number of methoxy groups -OCH3 is 2. The van der Waals surface area contributed by atoms with Crippen LogP contribution in [0.1, 0.15) is 40.9 Å². The first-order chi connectivity index (χ1) is 12.4. The number of hydrogen-bond acceptors (Lipinski definition) is 9. The Morgan fingerprint density at radius 2 is 1.74 bits per heavy atom. The van der Waals surface area contributed by atoms with Gasteiger partial charge in [-0.15, -0.1) is 0 Å². The van der Waals surface area contributed by atoms with E-state index in [0.717, 1.165) is 28.1 Å². The Balaban J connectivity index is 3.10. The Morgan fingerprint density at radius 3 is 2.15 bits per heavy atom. The van der Waals surface area contributed by atoms with Gasteiger partial charge in [-0.1, -0.05) is 0 Å². The highest BCUT2D eigenvalue weighted by Crippen LogP contribution is 2.52. The average Bonchev–Trinajstić information content (AvgIpc) is 2.59. The normalized spacial score (nSPS) is 27.0. The lowest BCUT2D eigenvalue weighted by molar-refractivity contribution is -0.220. The quantitative estimate of drug-likeness (QED) is 0.313. The predicted molar refractivity (Wildman–Crippen MR) is 93.3 cm³/mol. The minimum absolute atomic E-state index is 0.0184. The summed E-state index contributed by atoms with van der Waals surface area (Å²) in [7, 11) is 2.14. The second kappa shape index (κ2) is 6.59. The zero-order chi connectivity index (χ0) is 20.9. The van der Waals surface area contributed by atoms with Crippen molar-refractivity contribution in [2.45, 2.75) is 44.5 Å². The lowest BCUT2D eigenvalue weighted by Gasteiger charge is -2.50. The van der Waals surface area contributed by atoms with E-state index in [1.807, 2.05) is 0 Å². The number of anilines is 1. The number of phenols is 1. The first-order valence-corrected chi connectivity index (χ1v) is 8.13. The second-order valence-electron chi connectivity index (χ2n) is 6.59. The molecule has 0 aliphatic heterocycles. The zero-order valence-electron chi connectivity index (χ0n) is 15.7. The molecule has 148 valence electrons. The molecule has 3 unspecified atom stereocenters. The van der Waals surface area contributed by atoms with Crippen molar-refractivity contribution in [1.82, 2.24) is 0 Å². The summed E-state index contributed by atoms with van der Waals surface area (Å²) in [5.74, 6) is -3.51. The molecule has 0 bridgehead atoms. The predicted octanol–water partition coefficient (Wildman–Crippen LogP) is -0.263. The van der Waals surface area contributed by atoms with Crippen molar-refractivity contribution in [3.8, 4) is 5.75 Å². The smallest absolute Gasteiger partial charge is 0.342 e. The van der Waals surface area contributed by atoms with Gasteiger partial charge in [-0.05, 0) is 31.9 Å². The zero-order valence-corrected chi connectivity index (χ0v) is 15.7. The van der Waals surface area contributed by atoms with Crippen molar-refractivity contribution in [2.24, 2.45) is 0 Å². The number of phenolic OH excluding ortho intramolecular Hbond substituents is 1. The fraction of sp³-hybridized carbons (Fsp3) is 0.500. The molecule has 5 N–H and O–H groups in total. The minimum Gasteiger partial charge on any atom is -0.507 e. The van der Waals surface area contributed by atoms with Crippen molar-refractivity contribution in [1.29, 1.82) is 0 Å². The third-order valence-electron chi connectivity index (χ3n) is 5.39. The summed E-state index contributed by atoms with van der Waals surface area (Å²) in [5, 5.41) is 32.9. The van der Waals surface area contributed by atoms with Crippen LogP contribution < -0.4 is 5.73 Å². The molecule has 1 aliphatic rings. The number of ketones is 2. The molecule has 0 spiro atoms. The largest absolute Gasteiger partial charge is 0.507 e. The third-order valence-corrected chi connectivity index (χ3v) is 5.39. The molecule has 0 fully saturated rings. The highest BCUT2D eigenvalue weighted by molar-refractivity contribution is 6.03. The second-order valence-corrected chi connectivity index (χ2v) is 6.59. The number of carbonyl (C=O) groups excluding carboxylic acids is 3. The standard InChI is InChI=1S/C18H23NO8/c1-7-12(16(24)26-4)15(23)13-10(14(7)19)6-11(22)18(27-5,9(3)21)17(13,25)8(2)20/h11,22-23,25H,6,19H2,1-5H3. The molecule has 0 aromatic heterocycles. The van der Waals surface area contributed by atoms with Gasteiger partial charge in [-0.3, -0.25) is 9.59 Å². The van der Waals surface area contributed by atoms with Crippen LogP contribution in [0.3, 0.4) is 0 Å². The summed E-state index contributed by atoms with van der Waals surface area (Å²) in [6, 6.07) is 0. The number of carbonyl (C=O) groups is 3. The van der Waals surface area contributed by atoms with E-state index in [0.29, 0.717) is 0 Å². The maximum absolute atomic E-state index is 12.5. The van der Waals surface area contributed by atoms with E-state index in [1.54, 1.807) is 0 Å². The Morgan fingerprint density at radius 1 is 1.19 bits per heavy atom. The SMILES string of the molecule is COC(=O)c1c(C)c(N)c2c(c1O)C(O)(C(C)=O)C(OC)(C(C)=O)C(O)C2. The number of nitrogen functional groups attached to an aromatic ring is 1. The molecule has 2 rings (SSSR count). The molecule has 1 aromatic rings. The van der Waals surface area contributed by atoms with Crippen LogP contribution in [0.15, 0.2) is 0 Å². The number of rotatable bonds is 4. The van der Waals surface area contributed by atoms with Gasteiger partial charge in [0.25, 0.3) is 0 Å². The number of aromatic hydroxyl groups is 1. The molecule has 9 heteroatoms. The summed E-state index contributed by atoms with van der Waals surface area (Å²) in [6.07, 6.45) is -1.92. The molecule has 0 saturated carbocycles. The fourth-order valence-electron chi connectivity index (χ4n) is 4.01. The lowest BCUT2D eigenvalue weighted by Crippen LogP contribution is -2.70. The minimum atomic E-state index is -2.78. The summed E-state index contributed by atoms with van der Waals surface area (Å²) < 4.78 is 9.85. The highest BCUT2D eigenvalue weighted by atomic mass is 16.5. The van der Waals surface area contributed by atoms with E-state index in [9.17, 15) is 29.7 Å². The molecular formula is C18H23NO8. The number of benzene rings is 1. The van der Waals surface area contributed by atoms with Gasteiger partial charge in [-0.25, -0.2) is 4.79 Å². The number of Topliss-reactive ketones (excluding diaryl/α,β-unsaturated/α-hetero) is 2. The number of fused-ring (bicyclic) bond motifs is 1. The van der Waals surface area contributed by atoms with Gasteiger partial charge in [0, 0.05) is 24.8 Å². The van der Waals surface area contributed by atoms with Crippen molar-refractivity contribution < 1.29 is 39.2 Å². The molecule has 3 atom stereocenters. The van der Waals surface area contributed by atoms with E-state index in [-0.39, 0.29) is 28.8 Å². The number of hydrogen-bond donors (Lipinski definition) is 4. The van der Waals surface area contributed by atoms with Gasteiger partial charge in [-0.2, -0.15) is 0 Å². The van der Waals surface area contributed by atoms with Crippen LogP contribution in [0.4, 0.5) is 5.69 Å². The fourth-order valence-corrected chi connectivity index (χ4v) is 4.01. The topological polar surface area (TPSA) is 156 Å². The number of aliphatic hydroxyl groups is 2. The Hall–Kier alpha value is -2.49. The van der Waals surface area contributed by atoms with Gasteiger partial charge in [0.1, 0.15) is 11.3 Å². The van der Waals surface area contributed by atoms with E-state index >= 15 is 0 Å². The number of aliphatic hydroxyl groups excluding tert-OH is 1. The molecule has 9 nitrogen and oxygen atoms in total. The van der Waals surface area contributed by atoms with Gasteiger partial charge < -0.3 is 30.5 Å². The molecule has 1 aromatic carbocycles. The Labute approximate surface area is 155 Å². The molecule has 0 radical (unpaired) electrons. The van der Waals surface area contributed by atoms with Crippen molar-refractivity contribution in [2.75, 3.05) is 20.0 Å². The van der Waals surface area contributed by atoms with Crippen LogP contribution in [0, 0.1) is 6.92 Å². The summed E-state index contributed by atoms with van der Waals surface area (Å²) in [5.41, 5.74) is 0.302. The maximum atomic E-state index is 12.5. The summed E-state index contributed by atoms with van der Waals surface area (Å²) in [6.45, 7) is 3.47. The molecule has 1 aliphatic carbocycles. The number of esters is 1. The van der Waals surface area contributed by atoms with E-state index in [2.05, 4.69) is 4.74 Å². The molecule has 0 heterocycles. The van der Waals surface area contributed by atoms with Gasteiger partial charge in [0.15, 0.2) is 22.8 Å². The van der Waals surface area contributed by atoms with Gasteiger partial charge >= 0.3 is 5.97 Å². The van der Waals surface area contributed by atoms with E-state index < -0.39 is 46.2 Å². The number of nitrogens with two attached hydrogens (primary N) is 1. The Bertz CT molecular complexity index is 848. The Kier molecular flexibility index (Phi) is 5.08. The lowest BCUT2D eigenvalue weighted by atomic mass is 9.62. The first-order valence-electron chi connectivity index (χ1n) is 8.13. The van der Waals surface area contributed by atoms with Crippen LogP contribution in [0.5, 0.6) is 5.75 Å². The van der Waals surface area contributed by atoms with Crippen LogP contribution in [-0.2, 0) is 31.1 Å². The van der Waals surface area contributed by atoms with Crippen LogP contribution in [0.2, 0.25) is 0 Å². The van der Waals surface area contributed by atoms with Gasteiger partial charge in [0.2, 0.25) is 0 Å². The van der Waals surface area contributed by atoms with Crippen molar-refractivity contribution >= 4 is 23.2 Å². The summed E-state index contributed by atoms with van der Waals surface area (Å²) >= 11 is 0. The molecule has 27 heavy (non-hydrogen) atoms. The average molecular weight is 381 g/mol. The van der Waals surface area contributed by atoms with Crippen LogP contribution in [-0.4, -0.2) is 58.8 Å². The molecule has 0 saturated heterocycles. The first kappa shape index (κ1) is 20.8. The highest BCUT2D eigenvalue weighted by Gasteiger charge is 2.67. The summed E-state index contributed by atoms with van der Waals surface area (Å²) in [4.78, 5) is 37.1. The van der Waals surface area contributed by atoms with Crippen LogP contribution in [0.25, 0.3) is 0 Å². The van der Waals surface area contributed by atoms with E-state index in [1.165, 1.54) is 6.92 Å².